The summed E-state index contributed by atoms with van der Waals surface area (Å²) < 4.78 is 29.3. The van der Waals surface area contributed by atoms with Gasteiger partial charge in [0.25, 0.3) is 5.91 Å². The van der Waals surface area contributed by atoms with Crippen molar-refractivity contribution in [2.24, 2.45) is 5.10 Å². The zero-order valence-electron chi connectivity index (χ0n) is 15.7. The van der Waals surface area contributed by atoms with Gasteiger partial charge in [-0.1, -0.05) is 16.8 Å². The molecule has 0 radical (unpaired) electrons. The first kappa shape index (κ1) is 20.3. The van der Waals surface area contributed by atoms with Gasteiger partial charge in [0.05, 0.1) is 28.9 Å². The zero-order valence-corrected chi connectivity index (χ0v) is 16.4. The van der Waals surface area contributed by atoms with E-state index in [9.17, 15) is 14.0 Å². The Labute approximate surface area is 178 Å². The Morgan fingerprint density at radius 2 is 2.13 bits per heavy atom. The third-order valence-electron chi connectivity index (χ3n) is 4.16. The molecular formula is C21H13ClFN3O5. The molecule has 0 aliphatic rings. The van der Waals surface area contributed by atoms with Crippen LogP contribution in [0.4, 0.5) is 4.39 Å². The summed E-state index contributed by atoms with van der Waals surface area (Å²) in [7, 11) is 0. The molecule has 0 spiro atoms. The molecule has 8 nitrogen and oxygen atoms in total. The quantitative estimate of drug-likeness (QED) is 0.360. The number of hydrogen-bond acceptors (Lipinski definition) is 7. The molecule has 0 saturated heterocycles. The van der Waals surface area contributed by atoms with Crippen LogP contribution in [0.1, 0.15) is 5.56 Å². The SMILES string of the molecule is O=C(COc1ccc(Cl)cc1-c1ccno1)N/N=C/c1coc2ccc(F)cc2c1=O. The van der Waals surface area contributed by atoms with Gasteiger partial charge >= 0.3 is 0 Å². The minimum atomic E-state index is -0.578. The van der Waals surface area contributed by atoms with E-state index < -0.39 is 17.2 Å². The summed E-state index contributed by atoms with van der Waals surface area (Å²) in [6.45, 7) is -0.363. The second-order valence-electron chi connectivity index (χ2n) is 6.26. The summed E-state index contributed by atoms with van der Waals surface area (Å²) in [4.78, 5) is 24.4. The summed E-state index contributed by atoms with van der Waals surface area (Å²) in [6, 6.07) is 10.1. The Morgan fingerprint density at radius 3 is 2.94 bits per heavy atom. The van der Waals surface area contributed by atoms with Crippen molar-refractivity contribution in [1.82, 2.24) is 10.6 Å². The maximum absolute atomic E-state index is 13.4. The molecule has 4 aromatic rings. The molecule has 0 atom stereocenters. The molecule has 0 aliphatic carbocycles. The van der Waals surface area contributed by atoms with E-state index in [-0.39, 0.29) is 23.1 Å². The van der Waals surface area contributed by atoms with E-state index in [1.807, 2.05) is 0 Å². The van der Waals surface area contributed by atoms with Crippen LogP contribution in [0.15, 0.2) is 73.8 Å². The molecule has 2 aromatic heterocycles. The van der Waals surface area contributed by atoms with Crippen LogP contribution in [0.5, 0.6) is 5.75 Å². The highest BCUT2D eigenvalue weighted by molar-refractivity contribution is 6.30. The van der Waals surface area contributed by atoms with E-state index in [2.05, 4.69) is 15.7 Å². The highest BCUT2D eigenvalue weighted by Gasteiger charge is 2.12. The van der Waals surface area contributed by atoms with Gasteiger partial charge in [-0.3, -0.25) is 9.59 Å². The fourth-order valence-corrected chi connectivity index (χ4v) is 2.90. The number of hydrazone groups is 1. The van der Waals surface area contributed by atoms with Crippen LogP contribution in [-0.2, 0) is 4.79 Å². The van der Waals surface area contributed by atoms with Crippen LogP contribution in [0, 0.1) is 5.82 Å². The second kappa shape index (κ2) is 8.80. The Bertz CT molecular complexity index is 1330. The average Bonchev–Trinajstić information content (AvgIpc) is 3.29. The van der Waals surface area contributed by atoms with Crippen LogP contribution >= 0.6 is 11.6 Å². The van der Waals surface area contributed by atoms with Gasteiger partial charge in [0, 0.05) is 11.1 Å². The van der Waals surface area contributed by atoms with Gasteiger partial charge < -0.3 is 13.7 Å². The summed E-state index contributed by atoms with van der Waals surface area (Å²) in [5, 5.41) is 7.89. The number of hydrogen-bond donors (Lipinski definition) is 1. The number of rotatable bonds is 6. The molecule has 4 rings (SSSR count). The van der Waals surface area contributed by atoms with Crippen molar-refractivity contribution in [3.05, 3.63) is 81.6 Å². The number of nitrogens with zero attached hydrogens (tertiary/aromatic N) is 2. The van der Waals surface area contributed by atoms with E-state index in [1.165, 1.54) is 24.6 Å². The van der Waals surface area contributed by atoms with E-state index >= 15 is 0 Å². The highest BCUT2D eigenvalue weighted by atomic mass is 35.5. The van der Waals surface area contributed by atoms with Crippen molar-refractivity contribution < 1.29 is 22.9 Å². The number of carbonyl (C=O) groups is 1. The van der Waals surface area contributed by atoms with Gasteiger partial charge in [-0.25, -0.2) is 9.82 Å². The first-order chi connectivity index (χ1) is 15.0. The lowest BCUT2D eigenvalue weighted by Crippen LogP contribution is -2.25. The molecule has 0 bridgehead atoms. The molecule has 31 heavy (non-hydrogen) atoms. The van der Waals surface area contributed by atoms with Gasteiger partial charge in [0.15, 0.2) is 12.4 Å². The molecule has 1 amide bonds. The summed E-state index contributed by atoms with van der Waals surface area (Å²) in [6.07, 6.45) is 3.75. The summed E-state index contributed by atoms with van der Waals surface area (Å²) in [5.41, 5.74) is 2.58. The lowest BCUT2D eigenvalue weighted by atomic mass is 10.1. The number of fused-ring (bicyclic) bond motifs is 1. The number of halogens is 2. The predicted molar refractivity (Wildman–Crippen MR) is 111 cm³/mol. The van der Waals surface area contributed by atoms with Crippen LogP contribution in [-0.4, -0.2) is 23.9 Å². The average molecular weight is 442 g/mol. The monoisotopic (exact) mass is 441 g/mol. The van der Waals surface area contributed by atoms with Gasteiger partial charge in [0.2, 0.25) is 5.43 Å². The fraction of sp³-hybridized carbons (Fsp3) is 0.0476. The number of benzene rings is 2. The Morgan fingerprint density at radius 1 is 1.26 bits per heavy atom. The molecular weight excluding hydrogens is 429 g/mol. The third-order valence-corrected chi connectivity index (χ3v) is 4.39. The van der Waals surface area contributed by atoms with Gasteiger partial charge in [-0.15, -0.1) is 0 Å². The maximum atomic E-state index is 13.4. The van der Waals surface area contributed by atoms with Crippen LogP contribution in [0.2, 0.25) is 5.02 Å². The normalized spacial score (nSPS) is 11.2. The van der Waals surface area contributed by atoms with Crippen LogP contribution in [0.25, 0.3) is 22.3 Å². The lowest BCUT2D eigenvalue weighted by molar-refractivity contribution is -0.123. The molecule has 2 aromatic carbocycles. The topological polar surface area (TPSA) is 107 Å². The predicted octanol–water partition coefficient (Wildman–Crippen LogP) is 3.77. The number of aromatic nitrogens is 1. The molecule has 1 N–H and O–H groups in total. The largest absolute Gasteiger partial charge is 0.483 e. The third kappa shape index (κ3) is 4.62. The van der Waals surface area contributed by atoms with Crippen molar-refractivity contribution in [1.29, 1.82) is 0 Å². The van der Waals surface area contributed by atoms with Crippen molar-refractivity contribution in [3.8, 4) is 17.1 Å². The molecule has 0 fully saturated rings. The minimum absolute atomic E-state index is 0.0459. The lowest BCUT2D eigenvalue weighted by Gasteiger charge is -2.09. The summed E-state index contributed by atoms with van der Waals surface area (Å²) in [5.74, 6) is -0.356. The number of amides is 1. The van der Waals surface area contributed by atoms with Gasteiger partial charge in [-0.2, -0.15) is 5.10 Å². The Hall–Kier alpha value is -3.98. The minimum Gasteiger partial charge on any atom is -0.483 e. The standard InChI is InChI=1S/C21H13ClFN3O5/c22-13-1-3-17(15(7-13)19-5-6-25-31-19)30-11-20(27)26-24-9-12-10-29-18-4-2-14(23)8-16(18)21(12)28/h1-10H,11H2,(H,26,27)/b24-9+. The number of carbonyl (C=O) groups excluding carboxylic acids is 1. The number of ether oxygens (including phenoxy) is 1. The van der Waals surface area contributed by atoms with Gasteiger partial charge in [0.1, 0.15) is 23.4 Å². The second-order valence-corrected chi connectivity index (χ2v) is 6.70. The molecule has 0 saturated carbocycles. The number of nitrogens with one attached hydrogen (secondary N) is 1. The molecule has 10 heteroatoms. The van der Waals surface area contributed by atoms with Crippen molar-refractivity contribution in [3.63, 3.8) is 0 Å². The molecule has 0 unspecified atom stereocenters. The Kier molecular flexibility index (Phi) is 5.76. The van der Waals surface area contributed by atoms with Crippen molar-refractivity contribution in [2.45, 2.75) is 0 Å². The molecule has 2 heterocycles. The summed E-state index contributed by atoms with van der Waals surface area (Å²) >= 11 is 6.01. The first-order valence-electron chi connectivity index (χ1n) is 8.87. The highest BCUT2D eigenvalue weighted by Crippen LogP contribution is 2.32. The first-order valence-corrected chi connectivity index (χ1v) is 9.25. The van der Waals surface area contributed by atoms with E-state index in [4.69, 9.17) is 25.3 Å². The van der Waals surface area contributed by atoms with Crippen LogP contribution in [0.3, 0.4) is 0 Å². The van der Waals surface area contributed by atoms with Crippen molar-refractivity contribution in [2.75, 3.05) is 6.61 Å². The zero-order chi connectivity index (χ0) is 21.8. The molecule has 0 aliphatic heterocycles. The van der Waals surface area contributed by atoms with E-state index in [0.29, 0.717) is 22.1 Å². The Balaban J connectivity index is 1.42. The van der Waals surface area contributed by atoms with Crippen LogP contribution < -0.4 is 15.6 Å². The van der Waals surface area contributed by atoms with Crippen molar-refractivity contribution >= 4 is 34.7 Å². The van der Waals surface area contributed by atoms with Gasteiger partial charge in [-0.05, 0) is 36.4 Å². The van der Waals surface area contributed by atoms with E-state index in [0.717, 1.165) is 12.3 Å². The molecule has 156 valence electrons. The fourth-order valence-electron chi connectivity index (χ4n) is 2.73. The van der Waals surface area contributed by atoms with E-state index in [1.54, 1.807) is 24.3 Å². The maximum Gasteiger partial charge on any atom is 0.277 e. The smallest absolute Gasteiger partial charge is 0.277 e.